The molecule has 0 aromatic carbocycles. The maximum atomic E-state index is 6.92. The van der Waals surface area contributed by atoms with Crippen molar-refractivity contribution in [3.8, 4) is 0 Å². The second-order valence-corrected chi connectivity index (χ2v) is 14.5. The van der Waals surface area contributed by atoms with Gasteiger partial charge < -0.3 is 10.2 Å². The van der Waals surface area contributed by atoms with Crippen molar-refractivity contribution in [1.29, 1.82) is 0 Å². The summed E-state index contributed by atoms with van der Waals surface area (Å²) in [6.07, 6.45) is 9.29. The summed E-state index contributed by atoms with van der Waals surface area (Å²) < 4.78 is 6.92. The standard InChI is InChI=1S/C20H39NOSi/c1-15(14-21)16-10-8-11-17-18(12-9-13-20(16,17)5)22-23(6,7)19(2,3)4/h10,15,17-18H,8-9,11-14,21H2,1-7H3/t15?,17-,18-,20+/m0/s1. The summed E-state index contributed by atoms with van der Waals surface area (Å²) in [6, 6.07) is 0. The number of rotatable bonds is 4. The van der Waals surface area contributed by atoms with Crippen molar-refractivity contribution >= 4 is 8.32 Å². The van der Waals surface area contributed by atoms with Crippen molar-refractivity contribution in [2.45, 2.75) is 91.0 Å². The summed E-state index contributed by atoms with van der Waals surface area (Å²) in [5, 5.41) is 0.290. The van der Waals surface area contributed by atoms with Crippen molar-refractivity contribution in [3.05, 3.63) is 11.6 Å². The highest BCUT2D eigenvalue weighted by atomic mass is 28.4. The van der Waals surface area contributed by atoms with Gasteiger partial charge in [0.1, 0.15) is 0 Å². The molecule has 0 aromatic heterocycles. The van der Waals surface area contributed by atoms with Crippen molar-refractivity contribution in [1.82, 2.24) is 0 Å². The van der Waals surface area contributed by atoms with E-state index in [1.807, 2.05) is 0 Å². The van der Waals surface area contributed by atoms with Crippen LogP contribution in [0.15, 0.2) is 11.6 Å². The van der Waals surface area contributed by atoms with Gasteiger partial charge in [-0.25, -0.2) is 0 Å². The van der Waals surface area contributed by atoms with Crippen molar-refractivity contribution in [2.24, 2.45) is 23.0 Å². The van der Waals surface area contributed by atoms with Gasteiger partial charge in [-0.2, -0.15) is 0 Å². The lowest BCUT2D eigenvalue weighted by Gasteiger charge is -2.53. The molecule has 2 N–H and O–H groups in total. The van der Waals surface area contributed by atoms with Gasteiger partial charge in [0.15, 0.2) is 8.32 Å². The van der Waals surface area contributed by atoms with E-state index in [1.54, 1.807) is 5.57 Å². The highest BCUT2D eigenvalue weighted by Crippen LogP contribution is 2.54. The van der Waals surface area contributed by atoms with Crippen LogP contribution >= 0.6 is 0 Å². The van der Waals surface area contributed by atoms with Gasteiger partial charge in [0.2, 0.25) is 0 Å². The predicted octanol–water partition coefficient (Wildman–Crippen LogP) is 5.50. The molecule has 134 valence electrons. The van der Waals surface area contributed by atoms with Crippen LogP contribution in [0.25, 0.3) is 0 Å². The van der Waals surface area contributed by atoms with Gasteiger partial charge in [-0.3, -0.25) is 0 Å². The Labute approximate surface area is 145 Å². The number of hydrogen-bond donors (Lipinski definition) is 1. The molecule has 0 radical (unpaired) electrons. The Morgan fingerprint density at radius 3 is 2.57 bits per heavy atom. The van der Waals surface area contributed by atoms with Crippen LogP contribution in [0.5, 0.6) is 0 Å². The quantitative estimate of drug-likeness (QED) is 0.543. The fourth-order valence-corrected chi connectivity index (χ4v) is 5.96. The van der Waals surface area contributed by atoms with Gasteiger partial charge in [-0.15, -0.1) is 0 Å². The third-order valence-corrected chi connectivity index (χ3v) is 11.6. The topological polar surface area (TPSA) is 35.2 Å². The van der Waals surface area contributed by atoms with Crippen LogP contribution < -0.4 is 5.73 Å². The number of hydrogen-bond acceptors (Lipinski definition) is 2. The molecule has 4 atom stereocenters. The van der Waals surface area contributed by atoms with Crippen LogP contribution in [0, 0.1) is 17.3 Å². The minimum absolute atomic E-state index is 0.290. The summed E-state index contributed by atoms with van der Waals surface area (Å²) in [5.74, 6) is 1.19. The third-order valence-electron chi connectivity index (χ3n) is 7.09. The first-order chi connectivity index (χ1) is 10.5. The summed E-state index contributed by atoms with van der Waals surface area (Å²) in [6.45, 7) is 17.4. The van der Waals surface area contributed by atoms with Crippen LogP contribution in [0.3, 0.4) is 0 Å². The Morgan fingerprint density at radius 2 is 2.00 bits per heavy atom. The molecule has 0 aliphatic heterocycles. The molecule has 1 saturated carbocycles. The van der Waals surface area contributed by atoms with Gasteiger partial charge in [0, 0.05) is 6.10 Å². The van der Waals surface area contributed by atoms with Crippen LogP contribution in [0.2, 0.25) is 18.1 Å². The first kappa shape index (κ1) is 19.2. The monoisotopic (exact) mass is 337 g/mol. The molecule has 0 heterocycles. The Kier molecular flexibility index (Phi) is 5.55. The lowest BCUT2D eigenvalue weighted by Crippen LogP contribution is -2.52. The number of allylic oxidation sites excluding steroid dienone is 1. The molecule has 2 rings (SSSR count). The van der Waals surface area contributed by atoms with Crippen LogP contribution in [-0.4, -0.2) is 21.0 Å². The van der Waals surface area contributed by atoms with Crippen molar-refractivity contribution < 1.29 is 4.43 Å². The Balaban J connectivity index is 2.25. The fraction of sp³-hybridized carbons (Fsp3) is 0.900. The summed E-state index contributed by atoms with van der Waals surface area (Å²) >= 11 is 0. The van der Waals surface area contributed by atoms with Crippen molar-refractivity contribution in [2.75, 3.05) is 6.54 Å². The van der Waals surface area contributed by atoms with Crippen LogP contribution in [0.1, 0.15) is 66.7 Å². The highest BCUT2D eigenvalue weighted by Gasteiger charge is 2.49. The van der Waals surface area contributed by atoms with E-state index < -0.39 is 8.32 Å². The average Bonchev–Trinajstić information content (AvgIpc) is 2.44. The molecule has 2 nitrogen and oxygen atoms in total. The van der Waals surface area contributed by atoms with E-state index in [1.165, 1.54) is 32.1 Å². The van der Waals surface area contributed by atoms with E-state index in [2.05, 4.69) is 53.8 Å². The third kappa shape index (κ3) is 3.62. The number of nitrogens with two attached hydrogens (primary N) is 1. The summed E-state index contributed by atoms with van der Waals surface area (Å²) in [4.78, 5) is 0. The maximum Gasteiger partial charge on any atom is 0.192 e. The molecule has 1 fully saturated rings. The van der Waals surface area contributed by atoms with Crippen molar-refractivity contribution in [3.63, 3.8) is 0 Å². The fourth-order valence-electron chi connectivity index (χ4n) is 4.57. The highest BCUT2D eigenvalue weighted by molar-refractivity contribution is 6.74. The molecule has 0 saturated heterocycles. The molecule has 2 aliphatic rings. The Bertz CT molecular complexity index is 451. The Hall–Kier alpha value is -0.123. The van der Waals surface area contributed by atoms with E-state index in [0.29, 0.717) is 28.4 Å². The molecule has 0 aromatic rings. The minimum Gasteiger partial charge on any atom is -0.414 e. The first-order valence-electron chi connectivity index (χ1n) is 9.61. The molecular weight excluding hydrogens is 298 g/mol. The molecule has 3 heteroatoms. The second-order valence-electron chi connectivity index (χ2n) is 9.71. The lowest BCUT2D eigenvalue weighted by atomic mass is 9.56. The summed E-state index contributed by atoms with van der Waals surface area (Å²) in [5.41, 5.74) is 7.94. The SMILES string of the molecule is CC(CN)C1=CCC[C@H]2[C@@H](O[Si](C)(C)C(C)(C)C)CCC[C@]12C. The van der Waals surface area contributed by atoms with Gasteiger partial charge in [-0.05, 0) is 67.6 Å². The van der Waals surface area contributed by atoms with E-state index in [9.17, 15) is 0 Å². The van der Waals surface area contributed by atoms with E-state index in [0.717, 1.165) is 6.54 Å². The van der Waals surface area contributed by atoms with Gasteiger partial charge in [0.05, 0.1) is 0 Å². The molecular formula is C20H39NOSi. The zero-order chi connectivity index (χ0) is 17.5. The maximum absolute atomic E-state index is 6.92. The van der Waals surface area contributed by atoms with Crippen LogP contribution in [-0.2, 0) is 4.43 Å². The van der Waals surface area contributed by atoms with Gasteiger partial charge >= 0.3 is 0 Å². The molecule has 23 heavy (non-hydrogen) atoms. The lowest BCUT2D eigenvalue weighted by molar-refractivity contribution is -0.00484. The average molecular weight is 338 g/mol. The minimum atomic E-state index is -1.70. The largest absolute Gasteiger partial charge is 0.414 e. The van der Waals surface area contributed by atoms with E-state index >= 15 is 0 Å². The Morgan fingerprint density at radius 1 is 1.35 bits per heavy atom. The molecule has 0 amide bonds. The van der Waals surface area contributed by atoms with E-state index in [-0.39, 0.29) is 0 Å². The number of fused-ring (bicyclic) bond motifs is 1. The first-order valence-corrected chi connectivity index (χ1v) is 12.5. The zero-order valence-corrected chi connectivity index (χ0v) is 17.5. The smallest absolute Gasteiger partial charge is 0.192 e. The van der Waals surface area contributed by atoms with Gasteiger partial charge in [0.25, 0.3) is 0 Å². The normalized spacial score (nSPS) is 33.8. The van der Waals surface area contributed by atoms with E-state index in [4.69, 9.17) is 10.2 Å². The zero-order valence-electron chi connectivity index (χ0n) is 16.5. The molecule has 1 unspecified atom stereocenters. The second kappa shape index (κ2) is 6.65. The molecule has 0 spiro atoms. The van der Waals surface area contributed by atoms with Gasteiger partial charge in [-0.1, -0.05) is 52.7 Å². The molecule has 2 aliphatic carbocycles. The summed E-state index contributed by atoms with van der Waals surface area (Å²) in [7, 11) is -1.70. The molecule has 0 bridgehead atoms. The predicted molar refractivity (Wildman–Crippen MR) is 103 cm³/mol. The van der Waals surface area contributed by atoms with Crippen LogP contribution in [0.4, 0.5) is 0 Å².